The Hall–Kier alpha value is -1.59. The monoisotopic (exact) mass is 279 g/mol. The molecule has 112 valence electrons. The number of benzene rings is 1. The van der Waals surface area contributed by atoms with Crippen molar-refractivity contribution in [1.29, 1.82) is 0 Å². The molecule has 0 radical (unpaired) electrons. The number of unbranched alkanes of at least 4 members (excludes halogenated alkanes) is 1. The highest BCUT2D eigenvalue weighted by Gasteiger charge is 2.05. The van der Waals surface area contributed by atoms with Gasteiger partial charge in [0.1, 0.15) is 0 Å². The van der Waals surface area contributed by atoms with Gasteiger partial charge in [0.2, 0.25) is 5.91 Å². The Morgan fingerprint density at radius 1 is 1.30 bits per heavy atom. The van der Waals surface area contributed by atoms with E-state index in [1.54, 1.807) is 0 Å². The average Bonchev–Trinajstić information content (AvgIpc) is 2.46. The van der Waals surface area contributed by atoms with Crippen LogP contribution in [0.15, 0.2) is 24.3 Å². The molecule has 5 nitrogen and oxygen atoms in total. The third kappa shape index (κ3) is 5.59. The number of nitrogens with one attached hydrogen (secondary N) is 1. The van der Waals surface area contributed by atoms with Crippen molar-refractivity contribution in [3.05, 3.63) is 24.3 Å². The molecular formula is C15H25N3O2. The Morgan fingerprint density at radius 2 is 2.00 bits per heavy atom. The Morgan fingerprint density at radius 3 is 2.55 bits per heavy atom. The van der Waals surface area contributed by atoms with Gasteiger partial charge in [0, 0.05) is 30.9 Å². The second-order valence-corrected chi connectivity index (χ2v) is 4.64. The van der Waals surface area contributed by atoms with Crippen LogP contribution in [0.1, 0.15) is 26.2 Å². The summed E-state index contributed by atoms with van der Waals surface area (Å²) in [6, 6.07) is 7.68. The van der Waals surface area contributed by atoms with Crippen LogP contribution in [0.5, 0.6) is 0 Å². The van der Waals surface area contributed by atoms with Crippen LogP contribution in [0.3, 0.4) is 0 Å². The van der Waals surface area contributed by atoms with Gasteiger partial charge in [-0.2, -0.15) is 0 Å². The molecule has 1 aromatic carbocycles. The topological polar surface area (TPSA) is 78.6 Å². The molecule has 0 unspecified atom stereocenters. The second-order valence-electron chi connectivity index (χ2n) is 4.64. The van der Waals surface area contributed by atoms with Crippen LogP contribution in [-0.2, 0) is 4.79 Å². The van der Waals surface area contributed by atoms with Crippen molar-refractivity contribution in [1.82, 2.24) is 0 Å². The lowest BCUT2D eigenvalue weighted by Gasteiger charge is -2.22. The summed E-state index contributed by atoms with van der Waals surface area (Å²) < 4.78 is 0. The van der Waals surface area contributed by atoms with E-state index in [0.29, 0.717) is 19.5 Å². The molecule has 0 aliphatic carbocycles. The maximum atomic E-state index is 11.7. The van der Waals surface area contributed by atoms with Crippen LogP contribution in [-0.4, -0.2) is 37.3 Å². The molecule has 0 aliphatic heterocycles. The van der Waals surface area contributed by atoms with Crippen molar-refractivity contribution in [2.45, 2.75) is 26.2 Å². The molecule has 4 N–H and O–H groups in total. The summed E-state index contributed by atoms with van der Waals surface area (Å²) in [6.45, 7) is 4.25. The number of nitrogens with zero attached hydrogens (tertiary/aromatic N) is 1. The minimum Gasteiger partial charge on any atom is -0.395 e. The molecule has 0 fully saturated rings. The van der Waals surface area contributed by atoms with Gasteiger partial charge in [0.25, 0.3) is 0 Å². The van der Waals surface area contributed by atoms with Crippen molar-refractivity contribution < 1.29 is 9.90 Å². The predicted octanol–water partition coefficient (Wildman–Crippen LogP) is 1.57. The van der Waals surface area contributed by atoms with E-state index < -0.39 is 0 Å². The predicted molar refractivity (Wildman–Crippen MR) is 82.9 cm³/mol. The SMILES string of the molecule is CCN(CCO)c1ccc(NC(=O)CCCCN)cc1. The lowest BCUT2D eigenvalue weighted by atomic mass is 10.2. The first-order valence-electron chi connectivity index (χ1n) is 7.17. The summed E-state index contributed by atoms with van der Waals surface area (Å²) in [5.41, 5.74) is 7.24. The molecular weight excluding hydrogens is 254 g/mol. The zero-order valence-electron chi connectivity index (χ0n) is 12.1. The van der Waals surface area contributed by atoms with Crippen LogP contribution in [0, 0.1) is 0 Å². The summed E-state index contributed by atoms with van der Waals surface area (Å²) in [4.78, 5) is 13.7. The lowest BCUT2D eigenvalue weighted by molar-refractivity contribution is -0.116. The third-order valence-electron chi connectivity index (χ3n) is 3.13. The van der Waals surface area contributed by atoms with Crippen molar-refractivity contribution >= 4 is 17.3 Å². The Balaban J connectivity index is 2.51. The van der Waals surface area contributed by atoms with Crippen LogP contribution >= 0.6 is 0 Å². The van der Waals surface area contributed by atoms with E-state index in [0.717, 1.165) is 30.8 Å². The third-order valence-corrected chi connectivity index (χ3v) is 3.13. The van der Waals surface area contributed by atoms with Gasteiger partial charge in [0.05, 0.1) is 6.61 Å². The first kappa shape index (κ1) is 16.5. The molecule has 0 bridgehead atoms. The fourth-order valence-corrected chi connectivity index (χ4v) is 2.00. The van der Waals surface area contributed by atoms with Crippen LogP contribution in [0.4, 0.5) is 11.4 Å². The summed E-state index contributed by atoms with van der Waals surface area (Å²) >= 11 is 0. The van der Waals surface area contributed by atoms with Crippen LogP contribution in [0.25, 0.3) is 0 Å². The number of hydrogen-bond donors (Lipinski definition) is 3. The molecule has 0 heterocycles. The van der Waals surface area contributed by atoms with Gasteiger partial charge < -0.3 is 21.1 Å². The quantitative estimate of drug-likeness (QED) is 0.600. The lowest BCUT2D eigenvalue weighted by Crippen LogP contribution is -2.26. The van der Waals surface area contributed by atoms with Crippen molar-refractivity contribution in [3.8, 4) is 0 Å². The first-order valence-corrected chi connectivity index (χ1v) is 7.17. The maximum absolute atomic E-state index is 11.7. The zero-order valence-corrected chi connectivity index (χ0v) is 12.1. The maximum Gasteiger partial charge on any atom is 0.224 e. The summed E-state index contributed by atoms with van der Waals surface area (Å²) in [5, 5.41) is 11.9. The first-order chi connectivity index (χ1) is 9.71. The number of carbonyl (C=O) groups excluding carboxylic acids is 1. The van der Waals surface area contributed by atoms with E-state index in [2.05, 4.69) is 10.2 Å². The number of likely N-dealkylation sites (N-methyl/N-ethyl adjacent to an activating group) is 1. The fraction of sp³-hybridized carbons (Fsp3) is 0.533. The summed E-state index contributed by atoms with van der Waals surface area (Å²) in [7, 11) is 0. The van der Waals surface area contributed by atoms with Crippen LogP contribution < -0.4 is 16.0 Å². The highest BCUT2D eigenvalue weighted by Crippen LogP contribution is 2.17. The van der Waals surface area contributed by atoms with Gasteiger partial charge in [-0.3, -0.25) is 4.79 Å². The molecule has 1 aromatic rings. The summed E-state index contributed by atoms with van der Waals surface area (Å²) in [5.74, 6) is 0.0221. The fourth-order valence-electron chi connectivity index (χ4n) is 2.00. The van der Waals surface area contributed by atoms with E-state index in [9.17, 15) is 4.79 Å². The van der Waals surface area contributed by atoms with E-state index in [1.165, 1.54) is 0 Å². The van der Waals surface area contributed by atoms with Gasteiger partial charge in [-0.25, -0.2) is 0 Å². The van der Waals surface area contributed by atoms with Crippen molar-refractivity contribution in [3.63, 3.8) is 0 Å². The number of aliphatic hydroxyl groups excluding tert-OH is 1. The molecule has 1 amide bonds. The molecule has 0 spiro atoms. The number of carbonyl (C=O) groups is 1. The molecule has 0 atom stereocenters. The molecule has 20 heavy (non-hydrogen) atoms. The van der Waals surface area contributed by atoms with E-state index in [4.69, 9.17) is 10.8 Å². The van der Waals surface area contributed by atoms with E-state index in [-0.39, 0.29) is 12.5 Å². The number of amides is 1. The Labute approximate surface area is 120 Å². The second kappa shape index (κ2) is 9.34. The average molecular weight is 279 g/mol. The standard InChI is InChI=1S/C15H25N3O2/c1-2-18(11-12-19)14-8-6-13(7-9-14)17-15(20)5-3-4-10-16/h6-9,19H,2-5,10-12,16H2,1H3,(H,17,20). The van der Waals surface area contributed by atoms with Gasteiger partial charge in [-0.15, -0.1) is 0 Å². The molecule has 0 saturated carbocycles. The van der Waals surface area contributed by atoms with Gasteiger partial charge >= 0.3 is 0 Å². The van der Waals surface area contributed by atoms with Gasteiger partial charge in [-0.05, 0) is 50.6 Å². The molecule has 0 saturated heterocycles. The number of hydrogen-bond acceptors (Lipinski definition) is 4. The summed E-state index contributed by atoms with van der Waals surface area (Å²) in [6.07, 6.45) is 2.20. The zero-order chi connectivity index (χ0) is 14.8. The van der Waals surface area contributed by atoms with E-state index >= 15 is 0 Å². The number of nitrogens with two attached hydrogens (primary N) is 1. The molecule has 0 aromatic heterocycles. The van der Waals surface area contributed by atoms with Crippen LogP contribution in [0.2, 0.25) is 0 Å². The molecule has 5 heteroatoms. The van der Waals surface area contributed by atoms with E-state index in [1.807, 2.05) is 31.2 Å². The molecule has 1 rings (SSSR count). The molecule has 0 aliphatic rings. The number of anilines is 2. The Kier molecular flexibility index (Phi) is 7.69. The highest BCUT2D eigenvalue weighted by atomic mass is 16.3. The number of rotatable bonds is 9. The van der Waals surface area contributed by atoms with Gasteiger partial charge in [-0.1, -0.05) is 0 Å². The Bertz CT molecular complexity index is 393. The minimum absolute atomic E-state index is 0.0221. The van der Waals surface area contributed by atoms with Crippen molar-refractivity contribution in [2.75, 3.05) is 36.5 Å². The highest BCUT2D eigenvalue weighted by molar-refractivity contribution is 5.90. The smallest absolute Gasteiger partial charge is 0.224 e. The minimum atomic E-state index is 0.0221. The largest absolute Gasteiger partial charge is 0.395 e. The van der Waals surface area contributed by atoms with Crippen molar-refractivity contribution in [2.24, 2.45) is 5.73 Å². The number of aliphatic hydroxyl groups is 1. The van der Waals surface area contributed by atoms with Gasteiger partial charge in [0.15, 0.2) is 0 Å². The normalized spacial score (nSPS) is 10.3.